The number of fused-ring (bicyclic) bond motifs is 2. The summed E-state index contributed by atoms with van der Waals surface area (Å²) >= 11 is 0. The van der Waals surface area contributed by atoms with Crippen molar-refractivity contribution in [3.63, 3.8) is 0 Å². The average Bonchev–Trinajstić information content (AvgIpc) is 2.79. The molecule has 3 nitrogen and oxygen atoms in total. The molecule has 0 spiro atoms. The van der Waals surface area contributed by atoms with Crippen LogP contribution < -0.4 is 14.9 Å². The van der Waals surface area contributed by atoms with E-state index in [1.165, 1.54) is 22.7 Å². The summed E-state index contributed by atoms with van der Waals surface area (Å²) in [5.74, 6) is -0.180. The average molecular weight is 394 g/mol. The van der Waals surface area contributed by atoms with E-state index in [4.69, 9.17) is 5.73 Å². The lowest BCUT2D eigenvalue weighted by Crippen LogP contribution is -2.33. The van der Waals surface area contributed by atoms with Crippen molar-refractivity contribution in [2.45, 2.75) is 47.3 Å². The third-order valence-electron chi connectivity index (χ3n) is 4.64. The number of halogens is 1. The predicted molar refractivity (Wildman–Crippen MR) is 119 cm³/mol. The molecule has 0 saturated carbocycles. The number of aromatic nitrogens is 2. The summed E-state index contributed by atoms with van der Waals surface area (Å²) in [5.41, 5.74) is 9.18. The molecule has 2 aromatic carbocycles. The Bertz CT molecular complexity index is 1060. The molecular weight excluding hydrogens is 361 g/mol. The molecule has 4 heteroatoms. The fourth-order valence-electron chi connectivity index (χ4n) is 3.29. The maximum absolute atomic E-state index is 13.1. The molecule has 4 aromatic rings. The highest BCUT2D eigenvalue weighted by Crippen LogP contribution is 2.11. The van der Waals surface area contributed by atoms with Crippen LogP contribution >= 0.6 is 0 Å². The summed E-state index contributed by atoms with van der Waals surface area (Å²) < 4.78 is 17.2. The van der Waals surface area contributed by atoms with Crippen LogP contribution in [0.5, 0.6) is 0 Å². The number of nitrogens with two attached hydrogens (primary N) is 1. The van der Waals surface area contributed by atoms with E-state index in [0.29, 0.717) is 6.54 Å². The van der Waals surface area contributed by atoms with Crippen molar-refractivity contribution >= 4 is 21.8 Å². The summed E-state index contributed by atoms with van der Waals surface area (Å²) in [6, 6.07) is 19.9. The maximum Gasteiger partial charge on any atom is 0.212 e. The first kappa shape index (κ1) is 22.4. The van der Waals surface area contributed by atoms with Crippen molar-refractivity contribution in [2.75, 3.05) is 0 Å². The standard InChI is InChI=1S/C12H15N2.C11H11FN.C2H6/c1-2-14-9-10(8-13)7-11-5-3-4-6-12(11)14;1-2-13-8-10(12)7-9-5-3-4-6-11(9)13;1-2/h3-7,9H,2,8,13H2,1H3;3-8H,2H2,1H3;1-2H3/q2*+1;. The second kappa shape index (κ2) is 11.2. The normalized spacial score (nSPS) is 10.1. The van der Waals surface area contributed by atoms with Gasteiger partial charge in [-0.05, 0) is 38.1 Å². The topological polar surface area (TPSA) is 33.8 Å². The second-order valence-electron chi connectivity index (χ2n) is 6.40. The minimum atomic E-state index is -0.180. The summed E-state index contributed by atoms with van der Waals surface area (Å²) in [4.78, 5) is 0. The fourth-order valence-corrected chi connectivity index (χ4v) is 3.29. The Morgan fingerprint density at radius 3 is 1.76 bits per heavy atom. The van der Waals surface area contributed by atoms with Gasteiger partial charge in [-0.25, -0.2) is 4.39 Å². The molecule has 2 N–H and O–H groups in total. The number of rotatable bonds is 3. The molecule has 0 unspecified atom stereocenters. The zero-order valence-electron chi connectivity index (χ0n) is 17.9. The minimum Gasteiger partial charge on any atom is -0.326 e. The van der Waals surface area contributed by atoms with Crippen molar-refractivity contribution in [1.29, 1.82) is 0 Å². The van der Waals surface area contributed by atoms with Gasteiger partial charge in [0.2, 0.25) is 17.2 Å². The molecule has 0 saturated heterocycles. The first-order chi connectivity index (χ1) is 14.2. The van der Waals surface area contributed by atoms with Gasteiger partial charge >= 0.3 is 0 Å². The van der Waals surface area contributed by atoms with Gasteiger partial charge in [0.15, 0.2) is 12.0 Å². The zero-order valence-corrected chi connectivity index (χ0v) is 17.9. The van der Waals surface area contributed by atoms with Gasteiger partial charge < -0.3 is 5.73 Å². The summed E-state index contributed by atoms with van der Waals surface area (Å²) in [5, 5.41) is 2.21. The largest absolute Gasteiger partial charge is 0.326 e. The highest BCUT2D eigenvalue weighted by molar-refractivity contribution is 5.76. The lowest BCUT2D eigenvalue weighted by Gasteiger charge is -2.01. The molecule has 0 atom stereocenters. The Morgan fingerprint density at radius 1 is 0.759 bits per heavy atom. The van der Waals surface area contributed by atoms with E-state index >= 15 is 0 Å². The van der Waals surface area contributed by atoms with Crippen LogP contribution in [0.2, 0.25) is 0 Å². The molecule has 0 bridgehead atoms. The Morgan fingerprint density at radius 2 is 1.24 bits per heavy atom. The van der Waals surface area contributed by atoms with Crippen LogP contribution in [-0.4, -0.2) is 0 Å². The molecule has 0 aliphatic heterocycles. The van der Waals surface area contributed by atoms with Crippen LogP contribution in [0.15, 0.2) is 73.1 Å². The number of pyridine rings is 2. The maximum atomic E-state index is 13.1. The molecule has 2 aromatic heterocycles. The van der Waals surface area contributed by atoms with Crippen LogP contribution in [0.25, 0.3) is 21.8 Å². The molecule has 0 aliphatic carbocycles. The molecule has 2 heterocycles. The molecule has 152 valence electrons. The van der Waals surface area contributed by atoms with Gasteiger partial charge in [-0.3, -0.25) is 0 Å². The van der Waals surface area contributed by atoms with Crippen LogP contribution in [0.3, 0.4) is 0 Å². The van der Waals surface area contributed by atoms with Gasteiger partial charge in [0, 0.05) is 35.0 Å². The van der Waals surface area contributed by atoms with E-state index in [1.807, 2.05) is 49.6 Å². The SMILES string of the molecule is CC.CC[n+]1cc(CN)cc2ccccc21.CC[n+]1cc(F)cc2ccccc21. The third kappa shape index (κ3) is 5.58. The number of hydrogen-bond acceptors (Lipinski definition) is 1. The number of hydrogen-bond donors (Lipinski definition) is 1. The zero-order chi connectivity index (χ0) is 21.2. The summed E-state index contributed by atoms with van der Waals surface area (Å²) in [6.45, 7) is 10.5. The van der Waals surface area contributed by atoms with E-state index in [1.54, 1.807) is 6.07 Å². The molecule has 0 radical (unpaired) electrons. The second-order valence-corrected chi connectivity index (χ2v) is 6.40. The summed E-state index contributed by atoms with van der Waals surface area (Å²) in [7, 11) is 0. The molecular formula is C25H32FN3+2. The van der Waals surface area contributed by atoms with E-state index in [-0.39, 0.29) is 5.82 Å². The van der Waals surface area contributed by atoms with E-state index in [0.717, 1.165) is 24.0 Å². The molecule has 4 rings (SSSR count). The molecule has 29 heavy (non-hydrogen) atoms. The van der Waals surface area contributed by atoms with Gasteiger partial charge in [0.25, 0.3) is 0 Å². The third-order valence-corrected chi connectivity index (χ3v) is 4.64. The van der Waals surface area contributed by atoms with Crippen molar-refractivity contribution in [3.05, 3.63) is 84.4 Å². The van der Waals surface area contributed by atoms with E-state index in [9.17, 15) is 4.39 Å². The van der Waals surface area contributed by atoms with Gasteiger partial charge in [-0.2, -0.15) is 9.13 Å². The van der Waals surface area contributed by atoms with Crippen LogP contribution in [-0.2, 0) is 19.6 Å². The monoisotopic (exact) mass is 393 g/mol. The molecule has 0 amide bonds. The number of aryl methyl sites for hydroxylation is 2. The summed E-state index contributed by atoms with van der Waals surface area (Å²) in [6.07, 6.45) is 3.66. The Balaban J connectivity index is 0.000000191. The Hall–Kier alpha value is -2.85. The minimum absolute atomic E-state index is 0.180. The smallest absolute Gasteiger partial charge is 0.212 e. The quantitative estimate of drug-likeness (QED) is 0.493. The van der Waals surface area contributed by atoms with Crippen molar-refractivity contribution in [2.24, 2.45) is 5.73 Å². The lowest BCUT2D eigenvalue weighted by molar-refractivity contribution is -0.669. The number of nitrogens with zero attached hydrogens (tertiary/aromatic N) is 2. The van der Waals surface area contributed by atoms with Gasteiger partial charge in [-0.1, -0.05) is 38.1 Å². The van der Waals surface area contributed by atoms with Crippen LogP contribution in [0.4, 0.5) is 4.39 Å². The highest BCUT2D eigenvalue weighted by atomic mass is 19.1. The van der Waals surface area contributed by atoms with Crippen molar-refractivity contribution in [3.8, 4) is 0 Å². The van der Waals surface area contributed by atoms with Crippen LogP contribution in [0, 0.1) is 5.82 Å². The van der Waals surface area contributed by atoms with Gasteiger partial charge in [0.1, 0.15) is 13.1 Å². The van der Waals surface area contributed by atoms with Crippen molar-refractivity contribution < 1.29 is 13.5 Å². The number of benzene rings is 2. The lowest BCUT2D eigenvalue weighted by atomic mass is 10.1. The fraction of sp³-hybridized carbons (Fsp3) is 0.280. The molecule has 0 aliphatic rings. The van der Waals surface area contributed by atoms with Crippen LogP contribution in [0.1, 0.15) is 33.3 Å². The highest BCUT2D eigenvalue weighted by Gasteiger charge is 2.08. The first-order valence-corrected chi connectivity index (χ1v) is 10.3. The Labute approximate surface area is 173 Å². The van der Waals surface area contributed by atoms with Gasteiger partial charge in [0.05, 0.1) is 0 Å². The predicted octanol–water partition coefficient (Wildman–Crippen LogP) is 4.92. The van der Waals surface area contributed by atoms with E-state index in [2.05, 4.69) is 48.0 Å². The number of para-hydroxylation sites is 2. The Kier molecular flexibility index (Phi) is 8.68. The molecule has 0 fully saturated rings. The first-order valence-electron chi connectivity index (χ1n) is 10.3. The van der Waals surface area contributed by atoms with Crippen molar-refractivity contribution in [1.82, 2.24) is 0 Å². The van der Waals surface area contributed by atoms with Gasteiger partial charge in [-0.15, -0.1) is 0 Å². The van der Waals surface area contributed by atoms with E-state index < -0.39 is 0 Å².